The number of aliphatic hydroxyl groups excluding tert-OH is 1. The normalized spacial score (nSPS) is 18.3. The molecule has 8 heteroatoms. The topological polar surface area (TPSA) is 95.9 Å². The Morgan fingerprint density at radius 2 is 2.20 bits per heavy atom. The molecule has 1 N–H and O–H groups in total. The third-order valence-corrected chi connectivity index (χ3v) is 6.09. The molecule has 3 atom stereocenters. The van der Waals surface area contributed by atoms with Gasteiger partial charge >= 0.3 is 0 Å². The molecule has 0 unspecified atom stereocenters. The molecule has 3 heterocycles. The van der Waals surface area contributed by atoms with Crippen LogP contribution in [0, 0.1) is 17.8 Å². The summed E-state index contributed by atoms with van der Waals surface area (Å²) in [5, 5.41) is 9.80. The van der Waals surface area contributed by atoms with Crippen molar-refractivity contribution in [2.45, 2.75) is 52.2 Å². The number of likely N-dealkylation sites (N-methyl/N-ethyl adjacent to an activating group) is 1. The molecule has 1 aliphatic heterocycles. The number of carbonyl (C=O) groups is 2. The summed E-state index contributed by atoms with van der Waals surface area (Å²) >= 11 is 0. The molecule has 2 aromatic heterocycles. The standard InChI is InChI=1S/C27H34N4O4/c1-5-6-7-9-21-12-23-26(29-15-21)35-24(19(2)16-31(27(23)34)20(3)18-32)17-30(4)25(33)13-22-10-8-11-28-14-22/h8,10-12,14-15,19-20,24,32H,5-6,13,16-18H2,1-4H3/t19-,20-,24+/m1/s1. The molecule has 0 aromatic carbocycles. The van der Waals surface area contributed by atoms with Crippen LogP contribution in [0.3, 0.4) is 0 Å². The van der Waals surface area contributed by atoms with Gasteiger partial charge in [0.25, 0.3) is 5.91 Å². The van der Waals surface area contributed by atoms with Crippen molar-refractivity contribution in [1.82, 2.24) is 19.8 Å². The lowest BCUT2D eigenvalue weighted by Crippen LogP contribution is -2.50. The van der Waals surface area contributed by atoms with Gasteiger partial charge < -0.3 is 19.6 Å². The second-order valence-electron chi connectivity index (χ2n) is 9.06. The number of unbranched alkanes of at least 4 members (excludes halogenated alkanes) is 1. The Morgan fingerprint density at radius 1 is 1.40 bits per heavy atom. The Balaban J connectivity index is 1.87. The Hall–Kier alpha value is -3.44. The monoisotopic (exact) mass is 478 g/mol. The number of hydrogen-bond acceptors (Lipinski definition) is 6. The summed E-state index contributed by atoms with van der Waals surface area (Å²) in [5.41, 5.74) is 1.79. The predicted molar refractivity (Wildman–Crippen MR) is 133 cm³/mol. The van der Waals surface area contributed by atoms with Crippen molar-refractivity contribution in [3.63, 3.8) is 0 Å². The summed E-state index contributed by atoms with van der Waals surface area (Å²) in [6, 6.07) is 5.00. The highest BCUT2D eigenvalue weighted by molar-refractivity contribution is 5.97. The number of ether oxygens (including phenoxy) is 1. The first-order chi connectivity index (χ1) is 16.8. The molecule has 0 radical (unpaired) electrons. The van der Waals surface area contributed by atoms with Crippen LogP contribution in [0.2, 0.25) is 0 Å². The van der Waals surface area contributed by atoms with Crippen molar-refractivity contribution >= 4 is 11.8 Å². The summed E-state index contributed by atoms with van der Waals surface area (Å²) in [7, 11) is 1.74. The summed E-state index contributed by atoms with van der Waals surface area (Å²) < 4.78 is 6.26. The average Bonchev–Trinajstić information content (AvgIpc) is 2.86. The molecule has 0 spiro atoms. The van der Waals surface area contributed by atoms with Crippen LogP contribution >= 0.6 is 0 Å². The van der Waals surface area contributed by atoms with Gasteiger partial charge in [-0.25, -0.2) is 4.98 Å². The van der Waals surface area contributed by atoms with E-state index in [1.807, 2.05) is 19.9 Å². The quantitative estimate of drug-likeness (QED) is 0.615. The first-order valence-corrected chi connectivity index (χ1v) is 12.0. The van der Waals surface area contributed by atoms with Crippen LogP contribution < -0.4 is 4.74 Å². The molecule has 2 amide bonds. The molecule has 0 aliphatic carbocycles. The van der Waals surface area contributed by atoms with Crippen molar-refractivity contribution < 1.29 is 19.4 Å². The summed E-state index contributed by atoms with van der Waals surface area (Å²) in [6.45, 7) is 6.38. The minimum Gasteiger partial charge on any atom is -0.472 e. The Labute approximate surface area is 207 Å². The molecule has 8 nitrogen and oxygen atoms in total. The van der Waals surface area contributed by atoms with Crippen LogP contribution in [0.25, 0.3) is 0 Å². The van der Waals surface area contributed by atoms with Crippen LogP contribution in [-0.4, -0.2) is 75.6 Å². The van der Waals surface area contributed by atoms with E-state index in [1.54, 1.807) is 47.6 Å². The zero-order valence-electron chi connectivity index (χ0n) is 20.9. The van der Waals surface area contributed by atoms with Gasteiger partial charge in [-0.1, -0.05) is 31.8 Å². The van der Waals surface area contributed by atoms with Gasteiger partial charge in [-0.2, -0.15) is 0 Å². The Morgan fingerprint density at radius 3 is 2.89 bits per heavy atom. The molecule has 35 heavy (non-hydrogen) atoms. The number of pyridine rings is 2. The van der Waals surface area contributed by atoms with Crippen molar-refractivity contribution in [2.75, 3.05) is 26.7 Å². The summed E-state index contributed by atoms with van der Waals surface area (Å²) in [4.78, 5) is 38.1. The molecule has 0 fully saturated rings. The maximum Gasteiger partial charge on any atom is 0.259 e. The number of carbonyl (C=O) groups excluding carboxylic acids is 2. The van der Waals surface area contributed by atoms with Gasteiger partial charge in [0.15, 0.2) is 0 Å². The second kappa shape index (κ2) is 12.3. The van der Waals surface area contributed by atoms with E-state index >= 15 is 0 Å². The van der Waals surface area contributed by atoms with E-state index in [2.05, 4.69) is 28.7 Å². The number of fused-ring (bicyclic) bond motifs is 1. The van der Waals surface area contributed by atoms with Crippen LogP contribution in [-0.2, 0) is 11.2 Å². The van der Waals surface area contributed by atoms with E-state index in [-0.39, 0.29) is 42.7 Å². The minimum absolute atomic E-state index is 0.0535. The highest BCUT2D eigenvalue weighted by Gasteiger charge is 2.34. The predicted octanol–water partition coefficient (Wildman–Crippen LogP) is 2.55. The number of hydrogen-bond donors (Lipinski definition) is 1. The third-order valence-electron chi connectivity index (χ3n) is 6.09. The van der Waals surface area contributed by atoms with Gasteiger partial charge in [0.05, 0.1) is 25.6 Å². The maximum atomic E-state index is 13.4. The minimum atomic E-state index is -0.400. The van der Waals surface area contributed by atoms with Crippen LogP contribution in [0.1, 0.15) is 55.1 Å². The SMILES string of the molecule is CCCC#Cc1cnc2c(c1)C(=O)N([C@H](C)CO)C[C@@H](C)[C@H](CN(C)C(=O)Cc1cccnc1)O2. The first-order valence-electron chi connectivity index (χ1n) is 12.0. The number of aliphatic hydroxyl groups is 1. The van der Waals surface area contributed by atoms with Gasteiger partial charge in [0.2, 0.25) is 11.8 Å². The zero-order chi connectivity index (χ0) is 25.4. The fourth-order valence-electron chi connectivity index (χ4n) is 3.86. The molecule has 0 saturated carbocycles. The number of amides is 2. The molecule has 3 rings (SSSR count). The van der Waals surface area contributed by atoms with Crippen LogP contribution in [0.4, 0.5) is 0 Å². The fraction of sp³-hybridized carbons (Fsp3) is 0.481. The zero-order valence-corrected chi connectivity index (χ0v) is 20.9. The molecule has 0 bridgehead atoms. The number of aromatic nitrogens is 2. The number of rotatable bonds is 7. The third kappa shape index (κ3) is 6.80. The van der Waals surface area contributed by atoms with E-state index in [0.29, 0.717) is 24.2 Å². The van der Waals surface area contributed by atoms with Crippen molar-refractivity contribution in [1.29, 1.82) is 0 Å². The first kappa shape index (κ1) is 26.2. The van der Waals surface area contributed by atoms with Gasteiger partial charge in [-0.3, -0.25) is 14.6 Å². The summed E-state index contributed by atoms with van der Waals surface area (Å²) in [6.07, 6.45) is 6.51. The smallest absolute Gasteiger partial charge is 0.259 e. The lowest BCUT2D eigenvalue weighted by Gasteiger charge is -2.37. The second-order valence-corrected chi connectivity index (χ2v) is 9.06. The molecule has 0 saturated heterocycles. The van der Waals surface area contributed by atoms with E-state index in [1.165, 1.54) is 0 Å². The largest absolute Gasteiger partial charge is 0.472 e. The van der Waals surface area contributed by atoms with Crippen LogP contribution in [0.15, 0.2) is 36.8 Å². The van der Waals surface area contributed by atoms with Crippen molar-refractivity contribution in [3.8, 4) is 17.7 Å². The molecule has 1 aliphatic rings. The molecule has 186 valence electrons. The van der Waals surface area contributed by atoms with E-state index in [0.717, 1.165) is 18.4 Å². The van der Waals surface area contributed by atoms with E-state index in [4.69, 9.17) is 4.74 Å². The van der Waals surface area contributed by atoms with Gasteiger partial charge in [0, 0.05) is 50.1 Å². The van der Waals surface area contributed by atoms with Crippen LogP contribution in [0.5, 0.6) is 5.88 Å². The lowest BCUT2D eigenvalue weighted by atomic mass is 9.99. The van der Waals surface area contributed by atoms with Gasteiger partial charge in [0.1, 0.15) is 11.7 Å². The highest BCUT2D eigenvalue weighted by atomic mass is 16.5. The maximum absolute atomic E-state index is 13.4. The van der Waals surface area contributed by atoms with Gasteiger partial charge in [-0.15, -0.1) is 0 Å². The van der Waals surface area contributed by atoms with Crippen molar-refractivity contribution in [3.05, 3.63) is 53.5 Å². The highest BCUT2D eigenvalue weighted by Crippen LogP contribution is 2.27. The average molecular weight is 479 g/mol. The van der Waals surface area contributed by atoms with E-state index < -0.39 is 6.10 Å². The van der Waals surface area contributed by atoms with Crippen molar-refractivity contribution in [2.24, 2.45) is 5.92 Å². The Bertz CT molecular complexity index is 1080. The fourth-order valence-corrected chi connectivity index (χ4v) is 3.86. The molecular weight excluding hydrogens is 444 g/mol. The number of nitrogens with zero attached hydrogens (tertiary/aromatic N) is 4. The van der Waals surface area contributed by atoms with E-state index in [9.17, 15) is 14.7 Å². The molecule has 2 aromatic rings. The van der Waals surface area contributed by atoms with Gasteiger partial charge in [-0.05, 0) is 31.0 Å². The Kier molecular flexibility index (Phi) is 9.21. The molecular formula is C27H34N4O4. The summed E-state index contributed by atoms with van der Waals surface area (Å²) in [5.74, 6) is 5.93. The lowest BCUT2D eigenvalue weighted by molar-refractivity contribution is -0.130.